The van der Waals surface area contributed by atoms with Crippen molar-refractivity contribution in [2.75, 3.05) is 26.7 Å². The fourth-order valence-corrected chi connectivity index (χ4v) is 3.25. The lowest BCUT2D eigenvalue weighted by Crippen LogP contribution is -2.35. The Labute approximate surface area is 117 Å². The summed E-state index contributed by atoms with van der Waals surface area (Å²) in [5.41, 5.74) is 2.78. The number of aromatic nitrogens is 1. The molecule has 0 aliphatic carbocycles. The van der Waals surface area contributed by atoms with Crippen molar-refractivity contribution >= 4 is 0 Å². The van der Waals surface area contributed by atoms with Gasteiger partial charge in [-0.3, -0.25) is 9.88 Å². The van der Waals surface area contributed by atoms with Gasteiger partial charge in [-0.1, -0.05) is 13.3 Å². The molecule has 3 nitrogen and oxygen atoms in total. The van der Waals surface area contributed by atoms with Crippen molar-refractivity contribution < 1.29 is 0 Å². The summed E-state index contributed by atoms with van der Waals surface area (Å²) in [5, 5.41) is 3.54. The number of pyridine rings is 1. The molecule has 1 fully saturated rings. The second kappa shape index (κ2) is 7.01. The molecule has 0 radical (unpaired) electrons. The number of hydrogen-bond donors (Lipinski definition) is 1. The maximum absolute atomic E-state index is 4.35. The number of aryl methyl sites for hydroxylation is 1. The highest BCUT2D eigenvalue weighted by molar-refractivity contribution is 5.26. The number of rotatable bonds is 4. The summed E-state index contributed by atoms with van der Waals surface area (Å²) >= 11 is 0. The molecule has 0 bridgehead atoms. The van der Waals surface area contributed by atoms with Crippen LogP contribution in [0.5, 0.6) is 0 Å². The van der Waals surface area contributed by atoms with Crippen LogP contribution < -0.4 is 5.32 Å². The molecule has 0 aromatic carbocycles. The van der Waals surface area contributed by atoms with E-state index in [4.69, 9.17) is 0 Å². The van der Waals surface area contributed by atoms with Gasteiger partial charge in [0, 0.05) is 18.4 Å². The summed E-state index contributed by atoms with van der Waals surface area (Å²) in [6.07, 6.45) is 7.94. The SMILES string of the molecule is CCNCC1CCCCN(C)C1c1cnccc1C. The second-order valence-corrected chi connectivity index (χ2v) is 5.72. The van der Waals surface area contributed by atoms with Crippen molar-refractivity contribution in [3.8, 4) is 0 Å². The maximum Gasteiger partial charge on any atom is 0.0403 e. The van der Waals surface area contributed by atoms with Crippen LogP contribution in [0.2, 0.25) is 0 Å². The lowest BCUT2D eigenvalue weighted by atomic mass is 9.88. The number of hydrogen-bond acceptors (Lipinski definition) is 3. The second-order valence-electron chi connectivity index (χ2n) is 5.72. The average Bonchev–Trinajstić information content (AvgIpc) is 2.59. The molecular formula is C16H27N3. The molecule has 19 heavy (non-hydrogen) atoms. The predicted octanol–water partition coefficient (Wildman–Crippen LogP) is 2.77. The van der Waals surface area contributed by atoms with Gasteiger partial charge in [0.1, 0.15) is 0 Å². The summed E-state index contributed by atoms with van der Waals surface area (Å²) in [6.45, 7) is 7.76. The van der Waals surface area contributed by atoms with Gasteiger partial charge in [-0.25, -0.2) is 0 Å². The summed E-state index contributed by atoms with van der Waals surface area (Å²) in [5.74, 6) is 0.690. The van der Waals surface area contributed by atoms with E-state index in [0.29, 0.717) is 12.0 Å². The minimum Gasteiger partial charge on any atom is -0.317 e. The van der Waals surface area contributed by atoms with Crippen LogP contribution >= 0.6 is 0 Å². The first-order valence-electron chi connectivity index (χ1n) is 7.55. The van der Waals surface area contributed by atoms with Crippen LogP contribution in [0.4, 0.5) is 0 Å². The molecule has 0 spiro atoms. The van der Waals surface area contributed by atoms with Crippen LogP contribution in [0, 0.1) is 12.8 Å². The smallest absolute Gasteiger partial charge is 0.0403 e. The van der Waals surface area contributed by atoms with Crippen molar-refractivity contribution in [1.29, 1.82) is 0 Å². The summed E-state index contributed by atoms with van der Waals surface area (Å²) in [4.78, 5) is 6.88. The van der Waals surface area contributed by atoms with Crippen LogP contribution in [0.25, 0.3) is 0 Å². The van der Waals surface area contributed by atoms with Crippen LogP contribution in [0.3, 0.4) is 0 Å². The molecule has 2 heterocycles. The van der Waals surface area contributed by atoms with Crippen molar-refractivity contribution in [2.45, 2.75) is 39.2 Å². The van der Waals surface area contributed by atoms with Crippen LogP contribution in [-0.4, -0.2) is 36.6 Å². The van der Waals surface area contributed by atoms with E-state index in [1.54, 1.807) is 0 Å². The third-order valence-electron chi connectivity index (χ3n) is 4.31. The van der Waals surface area contributed by atoms with Gasteiger partial charge in [0.25, 0.3) is 0 Å². The molecule has 1 aliphatic rings. The highest BCUT2D eigenvalue weighted by Crippen LogP contribution is 2.34. The first-order chi connectivity index (χ1) is 9.24. The van der Waals surface area contributed by atoms with Gasteiger partial charge in [-0.15, -0.1) is 0 Å². The van der Waals surface area contributed by atoms with E-state index in [1.807, 2.05) is 6.20 Å². The normalized spacial score (nSPS) is 25.2. The summed E-state index contributed by atoms with van der Waals surface area (Å²) < 4.78 is 0. The molecule has 2 atom stereocenters. The molecule has 0 amide bonds. The van der Waals surface area contributed by atoms with Gasteiger partial charge < -0.3 is 5.32 Å². The Balaban J connectivity index is 2.26. The van der Waals surface area contributed by atoms with Crippen LogP contribution in [0.1, 0.15) is 43.4 Å². The molecule has 0 saturated carbocycles. The van der Waals surface area contributed by atoms with E-state index in [-0.39, 0.29) is 0 Å². The molecule has 2 unspecified atom stereocenters. The first kappa shape index (κ1) is 14.5. The van der Waals surface area contributed by atoms with Gasteiger partial charge in [-0.2, -0.15) is 0 Å². The standard InChI is InChI=1S/C16H27N3/c1-4-17-11-14-7-5-6-10-19(3)16(14)15-12-18-9-8-13(15)2/h8-9,12,14,16-17H,4-7,10-11H2,1-3H3. The highest BCUT2D eigenvalue weighted by Gasteiger charge is 2.29. The lowest BCUT2D eigenvalue weighted by Gasteiger charge is -2.33. The third kappa shape index (κ3) is 3.54. The molecule has 1 N–H and O–H groups in total. The third-order valence-corrected chi connectivity index (χ3v) is 4.31. The maximum atomic E-state index is 4.35. The molecule has 1 aromatic heterocycles. The lowest BCUT2D eigenvalue weighted by molar-refractivity contribution is 0.188. The topological polar surface area (TPSA) is 28.2 Å². The van der Waals surface area contributed by atoms with Gasteiger partial charge in [0.15, 0.2) is 0 Å². The average molecular weight is 261 g/mol. The van der Waals surface area contributed by atoms with E-state index in [2.05, 4.69) is 48.4 Å². The Morgan fingerprint density at radius 2 is 2.26 bits per heavy atom. The Hall–Kier alpha value is -0.930. The zero-order valence-electron chi connectivity index (χ0n) is 12.5. The van der Waals surface area contributed by atoms with Crippen molar-refractivity contribution in [3.05, 3.63) is 29.6 Å². The Morgan fingerprint density at radius 1 is 1.42 bits per heavy atom. The molecule has 1 aliphatic heterocycles. The first-order valence-corrected chi connectivity index (χ1v) is 7.55. The zero-order chi connectivity index (χ0) is 13.7. The van der Waals surface area contributed by atoms with Crippen molar-refractivity contribution in [2.24, 2.45) is 5.92 Å². The van der Waals surface area contributed by atoms with Crippen LogP contribution in [0.15, 0.2) is 18.5 Å². The minimum absolute atomic E-state index is 0.509. The monoisotopic (exact) mass is 261 g/mol. The molecule has 3 heteroatoms. The Bertz CT molecular complexity index is 391. The van der Waals surface area contributed by atoms with Gasteiger partial charge in [-0.05, 0) is 69.6 Å². The number of nitrogens with zero attached hydrogens (tertiary/aromatic N) is 2. The minimum atomic E-state index is 0.509. The molecule has 1 saturated heterocycles. The van der Waals surface area contributed by atoms with Gasteiger partial charge in [0.2, 0.25) is 0 Å². The van der Waals surface area contributed by atoms with E-state index in [1.165, 1.54) is 36.9 Å². The molecule has 2 rings (SSSR count). The quantitative estimate of drug-likeness (QED) is 0.903. The zero-order valence-corrected chi connectivity index (χ0v) is 12.5. The van der Waals surface area contributed by atoms with Gasteiger partial charge >= 0.3 is 0 Å². The van der Waals surface area contributed by atoms with E-state index >= 15 is 0 Å². The van der Waals surface area contributed by atoms with Gasteiger partial charge in [0.05, 0.1) is 0 Å². The largest absolute Gasteiger partial charge is 0.317 e. The van der Waals surface area contributed by atoms with E-state index in [0.717, 1.165) is 13.1 Å². The number of likely N-dealkylation sites (tertiary alicyclic amines) is 1. The summed E-state index contributed by atoms with van der Waals surface area (Å²) in [7, 11) is 2.27. The van der Waals surface area contributed by atoms with E-state index < -0.39 is 0 Å². The predicted molar refractivity (Wildman–Crippen MR) is 80.2 cm³/mol. The molecular weight excluding hydrogens is 234 g/mol. The van der Waals surface area contributed by atoms with Crippen LogP contribution in [-0.2, 0) is 0 Å². The fourth-order valence-electron chi connectivity index (χ4n) is 3.25. The molecule has 106 valence electrons. The van der Waals surface area contributed by atoms with Crippen molar-refractivity contribution in [1.82, 2.24) is 15.2 Å². The fraction of sp³-hybridized carbons (Fsp3) is 0.688. The van der Waals surface area contributed by atoms with Crippen molar-refractivity contribution in [3.63, 3.8) is 0 Å². The highest BCUT2D eigenvalue weighted by atomic mass is 15.1. The Morgan fingerprint density at radius 3 is 3.00 bits per heavy atom. The van der Waals surface area contributed by atoms with E-state index in [9.17, 15) is 0 Å². The Kier molecular flexibility index (Phi) is 5.34. The number of nitrogens with one attached hydrogen (secondary N) is 1. The summed E-state index contributed by atoms with van der Waals surface area (Å²) in [6, 6.07) is 2.65. The molecule has 1 aromatic rings.